The first-order valence-electron chi connectivity index (χ1n) is 10.7. The molecule has 0 saturated heterocycles. The second-order valence-electron chi connectivity index (χ2n) is 7.05. The van der Waals surface area contributed by atoms with Crippen LogP contribution < -0.4 is 29.6 Å². The first-order valence-corrected chi connectivity index (χ1v) is 12.3. The molecule has 0 unspecified atom stereocenters. The third-order valence-corrected chi connectivity index (χ3v) is 5.71. The molecule has 29 heavy (non-hydrogen) atoms. The number of carbonyl (C=O) groups excluding carboxylic acids is 2. The summed E-state index contributed by atoms with van der Waals surface area (Å²) in [4.78, 5) is 19.8. The minimum atomic E-state index is -3.25. The van der Waals surface area contributed by atoms with Crippen molar-refractivity contribution in [1.82, 2.24) is 0 Å². The summed E-state index contributed by atoms with van der Waals surface area (Å²) in [7, 11) is -3.25. The normalized spacial score (nSPS) is 12.9. The third kappa shape index (κ3) is 22.3. The van der Waals surface area contributed by atoms with Crippen LogP contribution in [0.1, 0.15) is 98.7 Å². The molecule has 0 fully saturated rings. The zero-order chi connectivity index (χ0) is 21.1. The van der Waals surface area contributed by atoms with Crippen LogP contribution in [0.25, 0.3) is 0 Å². The van der Waals surface area contributed by atoms with Crippen LogP contribution in [0.15, 0.2) is 12.2 Å². The molecule has 1 heterocycles. The molecule has 6 nitrogen and oxygen atoms in total. The number of carbonyl (C=O) groups is 2. The third-order valence-electron chi connectivity index (χ3n) is 4.27. The molecule has 0 bridgehead atoms. The van der Waals surface area contributed by atoms with Gasteiger partial charge in [0.25, 0.3) is 10.1 Å². The first-order chi connectivity index (χ1) is 13.4. The predicted molar refractivity (Wildman–Crippen MR) is 112 cm³/mol. The van der Waals surface area contributed by atoms with E-state index in [2.05, 4.69) is 11.7 Å². The molecule has 8 heteroatoms. The van der Waals surface area contributed by atoms with E-state index in [0.29, 0.717) is 13.0 Å². The molecular weight excluding hydrogens is 403 g/mol. The molecular formula is C21H39NaO6S. The Morgan fingerprint density at radius 2 is 1.17 bits per heavy atom. The molecule has 0 amide bonds. The van der Waals surface area contributed by atoms with Crippen LogP contribution in [0.5, 0.6) is 0 Å². The largest absolute Gasteiger partial charge is 1.00 e. The monoisotopic (exact) mass is 442 g/mol. The number of hydrogen-bond donors (Lipinski definition) is 0. The summed E-state index contributed by atoms with van der Waals surface area (Å²) >= 11 is 0. The van der Waals surface area contributed by atoms with Crippen molar-refractivity contribution in [3.05, 3.63) is 12.2 Å². The van der Waals surface area contributed by atoms with Crippen molar-refractivity contribution < 1.29 is 57.9 Å². The maximum Gasteiger partial charge on any atom is 1.00 e. The van der Waals surface area contributed by atoms with E-state index in [-0.39, 0.29) is 36.7 Å². The Bertz CT molecular complexity index is 536. The number of cyclic esters (lactones) is 2. The molecule has 0 atom stereocenters. The summed E-state index contributed by atoms with van der Waals surface area (Å²) in [6.45, 7) is 4.47. The Balaban J connectivity index is -0.000000682. The minimum absolute atomic E-state index is 0. The summed E-state index contributed by atoms with van der Waals surface area (Å²) in [5, 5.41) is 0. The predicted octanol–water partition coefficient (Wildman–Crippen LogP) is 2.19. The average molecular weight is 443 g/mol. The Morgan fingerprint density at radius 3 is 1.52 bits per heavy atom. The van der Waals surface area contributed by atoms with Gasteiger partial charge < -0.3 is 6.16 Å². The molecule has 0 aliphatic carbocycles. The van der Waals surface area contributed by atoms with E-state index < -0.39 is 22.1 Å². The van der Waals surface area contributed by atoms with Gasteiger partial charge in [-0.25, -0.2) is 9.59 Å². The van der Waals surface area contributed by atoms with Crippen molar-refractivity contribution in [1.29, 1.82) is 0 Å². The van der Waals surface area contributed by atoms with Crippen LogP contribution in [-0.4, -0.2) is 32.7 Å². The number of unbranched alkanes of at least 4 members (excludes halogenated alkanes) is 11. The van der Waals surface area contributed by atoms with Gasteiger partial charge in [-0.15, -0.1) is 0 Å². The molecule has 0 aromatic heterocycles. The van der Waals surface area contributed by atoms with Crippen molar-refractivity contribution >= 4 is 22.1 Å². The van der Waals surface area contributed by atoms with Crippen molar-refractivity contribution in [3.63, 3.8) is 0 Å². The number of ether oxygens (including phenoxy) is 1. The van der Waals surface area contributed by atoms with Crippen LogP contribution in [0, 0.1) is 0 Å². The summed E-state index contributed by atoms with van der Waals surface area (Å²) in [6.07, 6.45) is 18.2. The second-order valence-corrected chi connectivity index (χ2v) is 8.81. The maximum absolute atomic E-state index is 11.3. The molecule has 0 aromatic rings. The smallest absolute Gasteiger partial charge is 1.00 e. The SMILES string of the molecule is CCCCCCCCCCCCCCOS(=O)(=O)CCC.O=C1C=CC(=O)O1.[H-].[Na+]. The van der Waals surface area contributed by atoms with Gasteiger partial charge in [0.2, 0.25) is 0 Å². The zero-order valence-electron chi connectivity index (χ0n) is 19.6. The first kappa shape index (κ1) is 31.0. The summed E-state index contributed by atoms with van der Waals surface area (Å²) < 4.78 is 31.5. The number of esters is 2. The zero-order valence-corrected chi connectivity index (χ0v) is 21.4. The van der Waals surface area contributed by atoms with Gasteiger partial charge in [-0.3, -0.25) is 4.18 Å². The molecule has 166 valence electrons. The van der Waals surface area contributed by atoms with E-state index in [1.165, 1.54) is 64.2 Å². The van der Waals surface area contributed by atoms with E-state index in [9.17, 15) is 18.0 Å². The van der Waals surface area contributed by atoms with Crippen LogP contribution in [0.2, 0.25) is 0 Å². The van der Waals surface area contributed by atoms with E-state index >= 15 is 0 Å². The maximum atomic E-state index is 11.3. The Hall–Kier alpha value is -0.210. The quantitative estimate of drug-likeness (QED) is 0.120. The van der Waals surface area contributed by atoms with Crippen LogP contribution in [0.3, 0.4) is 0 Å². The molecule has 0 radical (unpaired) electrons. The molecule has 0 saturated carbocycles. The van der Waals surface area contributed by atoms with Gasteiger partial charge in [-0.2, -0.15) is 8.42 Å². The van der Waals surface area contributed by atoms with Gasteiger partial charge in [-0.1, -0.05) is 84.5 Å². The van der Waals surface area contributed by atoms with Crippen molar-refractivity contribution in [3.8, 4) is 0 Å². The van der Waals surface area contributed by atoms with Crippen molar-refractivity contribution in [2.75, 3.05) is 12.4 Å². The van der Waals surface area contributed by atoms with E-state index in [1.807, 2.05) is 6.92 Å². The molecule has 1 rings (SSSR count). The fourth-order valence-electron chi connectivity index (χ4n) is 2.74. The van der Waals surface area contributed by atoms with Crippen LogP contribution in [0.4, 0.5) is 0 Å². The van der Waals surface area contributed by atoms with Gasteiger partial charge >= 0.3 is 41.5 Å². The van der Waals surface area contributed by atoms with Crippen LogP contribution in [-0.2, 0) is 28.6 Å². The second kappa shape index (κ2) is 21.0. The summed E-state index contributed by atoms with van der Waals surface area (Å²) in [6, 6.07) is 0. The van der Waals surface area contributed by atoms with Crippen LogP contribution >= 0.6 is 0 Å². The fourth-order valence-corrected chi connectivity index (χ4v) is 3.73. The van der Waals surface area contributed by atoms with Gasteiger partial charge in [0.1, 0.15) is 0 Å². The van der Waals surface area contributed by atoms with Gasteiger partial charge in [-0.05, 0) is 12.8 Å². The number of hydrogen-bond acceptors (Lipinski definition) is 6. The van der Waals surface area contributed by atoms with E-state index in [1.54, 1.807) is 0 Å². The number of rotatable bonds is 16. The van der Waals surface area contributed by atoms with Crippen molar-refractivity contribution in [2.24, 2.45) is 0 Å². The topological polar surface area (TPSA) is 86.7 Å². The summed E-state index contributed by atoms with van der Waals surface area (Å²) in [5.74, 6) is -1.01. The van der Waals surface area contributed by atoms with E-state index in [4.69, 9.17) is 4.18 Å². The van der Waals surface area contributed by atoms with E-state index in [0.717, 1.165) is 25.0 Å². The van der Waals surface area contributed by atoms with Crippen molar-refractivity contribution in [2.45, 2.75) is 97.3 Å². The molecule has 1 aliphatic rings. The Kier molecular flexibility index (Phi) is 22.5. The fraction of sp³-hybridized carbons (Fsp3) is 0.810. The average Bonchev–Trinajstić information content (AvgIpc) is 3.02. The minimum Gasteiger partial charge on any atom is -1.00 e. The summed E-state index contributed by atoms with van der Waals surface area (Å²) in [5.41, 5.74) is 0. The molecule has 0 spiro atoms. The Labute approximate surface area is 201 Å². The molecule has 1 aliphatic heterocycles. The standard InChI is InChI=1S/C17H36O3S.C4H2O3.Na.H/c1-3-5-6-7-8-9-10-11-12-13-14-15-16-20-21(18,19)17-4-2;5-3-1-2-4(6)7-3;;/h3-17H2,1-2H3;1-2H;;/q;;+1;-1. The van der Waals surface area contributed by atoms with Gasteiger partial charge in [0, 0.05) is 12.2 Å². The van der Waals surface area contributed by atoms with Gasteiger partial charge in [0.05, 0.1) is 12.4 Å². The Morgan fingerprint density at radius 1 is 0.759 bits per heavy atom. The molecule has 0 aromatic carbocycles. The van der Waals surface area contributed by atoms with Gasteiger partial charge in [0.15, 0.2) is 0 Å². The molecule has 0 N–H and O–H groups in total.